The molecule has 21 heavy (non-hydrogen) atoms. The number of rotatable bonds is 7. The highest BCUT2D eigenvalue weighted by molar-refractivity contribution is 7.09. The Balaban J connectivity index is 1.62. The third-order valence-electron chi connectivity index (χ3n) is 3.40. The van der Waals surface area contributed by atoms with Gasteiger partial charge in [0.25, 0.3) is 0 Å². The van der Waals surface area contributed by atoms with Crippen LogP contribution in [-0.2, 0) is 11.8 Å². The van der Waals surface area contributed by atoms with Crippen molar-refractivity contribution < 1.29 is 4.74 Å². The van der Waals surface area contributed by atoms with Gasteiger partial charge in [-0.15, -0.1) is 11.3 Å². The van der Waals surface area contributed by atoms with Gasteiger partial charge in [-0.05, 0) is 41.0 Å². The lowest BCUT2D eigenvalue weighted by Gasteiger charge is -2.19. The van der Waals surface area contributed by atoms with E-state index >= 15 is 0 Å². The summed E-state index contributed by atoms with van der Waals surface area (Å²) in [6.45, 7) is 9.26. The monoisotopic (exact) mass is 303 g/mol. The Hall–Kier alpha value is -1.32. The van der Waals surface area contributed by atoms with E-state index in [1.807, 2.05) is 11.3 Å². The van der Waals surface area contributed by atoms with Gasteiger partial charge < -0.3 is 10.1 Å². The Labute approximate surface area is 132 Å². The largest absolute Gasteiger partial charge is 0.492 e. The first-order valence-corrected chi connectivity index (χ1v) is 8.40. The van der Waals surface area contributed by atoms with Gasteiger partial charge in [-0.1, -0.05) is 39.0 Å². The molecule has 2 aromatic rings. The Morgan fingerprint density at radius 1 is 1.05 bits per heavy atom. The highest BCUT2D eigenvalue weighted by atomic mass is 32.1. The summed E-state index contributed by atoms with van der Waals surface area (Å²) in [5.74, 6) is 0.947. The molecule has 1 N–H and O–H groups in total. The molecule has 0 unspecified atom stereocenters. The molecule has 1 aromatic carbocycles. The zero-order valence-electron chi connectivity index (χ0n) is 13.2. The molecular weight excluding hydrogens is 278 g/mol. The van der Waals surface area contributed by atoms with Crippen molar-refractivity contribution in [2.45, 2.75) is 32.6 Å². The van der Waals surface area contributed by atoms with Crippen molar-refractivity contribution >= 4 is 11.3 Å². The molecule has 0 aliphatic rings. The summed E-state index contributed by atoms with van der Waals surface area (Å²) in [7, 11) is 0. The number of ether oxygens (including phenoxy) is 1. The maximum absolute atomic E-state index is 5.75. The van der Waals surface area contributed by atoms with Crippen LogP contribution in [0.1, 0.15) is 31.2 Å². The fourth-order valence-corrected chi connectivity index (χ4v) is 2.79. The zero-order chi connectivity index (χ0) is 15.1. The molecule has 0 saturated heterocycles. The van der Waals surface area contributed by atoms with Crippen LogP contribution in [0.15, 0.2) is 41.8 Å². The quantitative estimate of drug-likeness (QED) is 0.772. The first-order valence-electron chi connectivity index (χ1n) is 7.52. The van der Waals surface area contributed by atoms with Gasteiger partial charge in [0.05, 0.1) is 0 Å². The van der Waals surface area contributed by atoms with Crippen LogP contribution in [-0.4, -0.2) is 19.7 Å². The normalized spacial score (nSPS) is 11.6. The lowest BCUT2D eigenvalue weighted by atomic mass is 9.87. The number of nitrogens with one attached hydrogen (secondary N) is 1. The molecule has 1 aromatic heterocycles. The maximum Gasteiger partial charge on any atom is 0.119 e. The molecule has 0 aliphatic carbocycles. The second-order valence-corrected chi connectivity index (χ2v) is 7.23. The van der Waals surface area contributed by atoms with Crippen LogP contribution in [0.5, 0.6) is 5.75 Å². The topological polar surface area (TPSA) is 21.3 Å². The molecule has 1 heterocycles. The third-order valence-corrected chi connectivity index (χ3v) is 4.33. The molecule has 0 aliphatic heterocycles. The summed E-state index contributed by atoms with van der Waals surface area (Å²) < 4.78 is 5.75. The van der Waals surface area contributed by atoms with Gasteiger partial charge in [0.1, 0.15) is 12.4 Å². The van der Waals surface area contributed by atoms with E-state index < -0.39 is 0 Å². The molecule has 2 rings (SSSR count). The minimum absolute atomic E-state index is 0.196. The SMILES string of the molecule is CC(C)(C)c1ccc(OCCNCCc2cccs2)cc1. The molecule has 0 radical (unpaired) electrons. The van der Waals surface area contributed by atoms with E-state index in [1.54, 1.807) is 0 Å². The standard InChI is InChI=1S/C18H25NOS/c1-18(2,3)15-6-8-16(9-7-15)20-13-12-19-11-10-17-5-4-14-21-17/h4-9,14,19H,10-13H2,1-3H3. The number of hydrogen-bond donors (Lipinski definition) is 1. The van der Waals surface area contributed by atoms with Crippen LogP contribution >= 0.6 is 11.3 Å². The maximum atomic E-state index is 5.75. The van der Waals surface area contributed by atoms with E-state index in [0.29, 0.717) is 6.61 Å². The third kappa shape index (κ3) is 5.52. The van der Waals surface area contributed by atoms with Gasteiger partial charge in [-0.2, -0.15) is 0 Å². The van der Waals surface area contributed by atoms with Crippen LogP contribution in [0.2, 0.25) is 0 Å². The fourth-order valence-electron chi connectivity index (χ4n) is 2.08. The van der Waals surface area contributed by atoms with Crippen molar-refractivity contribution in [1.29, 1.82) is 0 Å². The summed E-state index contributed by atoms with van der Waals surface area (Å²) in [6, 6.07) is 12.7. The molecule has 114 valence electrons. The van der Waals surface area contributed by atoms with Gasteiger partial charge in [0.2, 0.25) is 0 Å². The fraction of sp³-hybridized carbons (Fsp3) is 0.444. The molecule has 0 atom stereocenters. The van der Waals surface area contributed by atoms with E-state index in [1.165, 1.54) is 10.4 Å². The Morgan fingerprint density at radius 2 is 1.81 bits per heavy atom. The van der Waals surface area contributed by atoms with Crippen LogP contribution in [0.4, 0.5) is 0 Å². The van der Waals surface area contributed by atoms with Gasteiger partial charge in [-0.25, -0.2) is 0 Å². The molecule has 0 amide bonds. The van der Waals surface area contributed by atoms with Gasteiger partial charge in [0.15, 0.2) is 0 Å². The van der Waals surface area contributed by atoms with Gasteiger partial charge >= 0.3 is 0 Å². The van der Waals surface area contributed by atoms with Crippen molar-refractivity contribution in [3.05, 3.63) is 52.2 Å². The molecule has 2 nitrogen and oxygen atoms in total. The molecule has 3 heteroatoms. The summed E-state index contributed by atoms with van der Waals surface area (Å²) in [5.41, 5.74) is 1.53. The lowest BCUT2D eigenvalue weighted by Crippen LogP contribution is -2.23. The highest BCUT2D eigenvalue weighted by Crippen LogP contribution is 2.24. The Morgan fingerprint density at radius 3 is 2.43 bits per heavy atom. The smallest absolute Gasteiger partial charge is 0.119 e. The summed E-state index contributed by atoms with van der Waals surface area (Å²) in [4.78, 5) is 1.43. The van der Waals surface area contributed by atoms with Crippen LogP contribution in [0.3, 0.4) is 0 Å². The summed E-state index contributed by atoms with van der Waals surface area (Å²) in [5, 5.41) is 5.54. The van der Waals surface area contributed by atoms with E-state index in [2.05, 4.69) is 67.9 Å². The highest BCUT2D eigenvalue weighted by Gasteiger charge is 2.12. The second kappa shape index (κ2) is 7.62. The van der Waals surface area contributed by atoms with Crippen molar-refractivity contribution in [1.82, 2.24) is 5.32 Å². The van der Waals surface area contributed by atoms with Crippen molar-refractivity contribution in [3.8, 4) is 5.75 Å². The zero-order valence-corrected chi connectivity index (χ0v) is 14.0. The van der Waals surface area contributed by atoms with Crippen molar-refractivity contribution in [2.24, 2.45) is 0 Å². The Bertz CT molecular complexity index is 511. The summed E-state index contributed by atoms with van der Waals surface area (Å²) >= 11 is 1.82. The number of thiophene rings is 1. The molecule has 0 bridgehead atoms. The molecule has 0 fully saturated rings. The average Bonchev–Trinajstić information content (AvgIpc) is 2.95. The molecule has 0 saturated carbocycles. The predicted octanol–water partition coefficient (Wildman–Crippen LogP) is 4.26. The second-order valence-electron chi connectivity index (χ2n) is 6.20. The number of hydrogen-bond acceptors (Lipinski definition) is 3. The summed E-state index contributed by atoms with van der Waals surface area (Å²) in [6.07, 6.45) is 1.10. The van der Waals surface area contributed by atoms with Crippen molar-refractivity contribution in [2.75, 3.05) is 19.7 Å². The number of benzene rings is 1. The lowest BCUT2D eigenvalue weighted by molar-refractivity contribution is 0.314. The van der Waals surface area contributed by atoms with Crippen LogP contribution < -0.4 is 10.1 Å². The van der Waals surface area contributed by atoms with Crippen LogP contribution in [0, 0.1) is 0 Å². The van der Waals surface area contributed by atoms with Crippen LogP contribution in [0.25, 0.3) is 0 Å². The van der Waals surface area contributed by atoms with E-state index in [-0.39, 0.29) is 5.41 Å². The van der Waals surface area contributed by atoms with E-state index in [4.69, 9.17) is 4.74 Å². The van der Waals surface area contributed by atoms with Crippen molar-refractivity contribution in [3.63, 3.8) is 0 Å². The minimum Gasteiger partial charge on any atom is -0.492 e. The van der Waals surface area contributed by atoms with Gasteiger partial charge in [-0.3, -0.25) is 0 Å². The molecular formula is C18H25NOS. The minimum atomic E-state index is 0.196. The molecule has 0 spiro atoms. The first-order chi connectivity index (χ1) is 10.1. The average molecular weight is 303 g/mol. The van der Waals surface area contributed by atoms with E-state index in [9.17, 15) is 0 Å². The first kappa shape index (κ1) is 16.1. The van der Waals surface area contributed by atoms with E-state index in [0.717, 1.165) is 25.3 Å². The predicted molar refractivity (Wildman–Crippen MR) is 91.5 cm³/mol. The Kier molecular flexibility index (Phi) is 5.83. The van der Waals surface area contributed by atoms with Gasteiger partial charge in [0, 0.05) is 18.0 Å².